The fraction of sp³-hybridized carbons (Fsp3) is 0.278. The Balaban J connectivity index is 1.76. The summed E-state index contributed by atoms with van der Waals surface area (Å²) in [5.41, 5.74) is 1.37. The molecule has 0 aliphatic carbocycles. The number of hydrogen-bond acceptors (Lipinski definition) is 5. The molecule has 25 heavy (non-hydrogen) atoms. The van der Waals surface area contributed by atoms with Crippen molar-refractivity contribution in [1.29, 1.82) is 0 Å². The lowest BCUT2D eigenvalue weighted by Crippen LogP contribution is -2.42. The van der Waals surface area contributed by atoms with Crippen LogP contribution in [0, 0.1) is 0 Å². The second-order valence-electron chi connectivity index (χ2n) is 5.89. The van der Waals surface area contributed by atoms with Crippen molar-refractivity contribution in [3.05, 3.63) is 53.6 Å². The van der Waals surface area contributed by atoms with Crippen molar-refractivity contribution in [2.24, 2.45) is 0 Å². The molecule has 6 nitrogen and oxygen atoms in total. The Morgan fingerprint density at radius 2 is 1.92 bits per heavy atom. The number of rotatable bonds is 5. The molecule has 3 rings (SSSR count). The van der Waals surface area contributed by atoms with Crippen LogP contribution in [-0.2, 0) is 16.4 Å². The Hall–Kier alpha value is -2.38. The molecule has 0 fully saturated rings. The van der Waals surface area contributed by atoms with E-state index in [4.69, 9.17) is 9.47 Å². The van der Waals surface area contributed by atoms with Crippen molar-refractivity contribution in [3.63, 3.8) is 0 Å². The number of carbonyl (C=O) groups excluding carboxylic acids is 1. The van der Waals surface area contributed by atoms with Crippen molar-refractivity contribution in [2.75, 3.05) is 13.7 Å². The summed E-state index contributed by atoms with van der Waals surface area (Å²) in [4.78, 5) is 11.4. The first-order valence-electron chi connectivity index (χ1n) is 7.82. The molecule has 0 saturated carbocycles. The maximum atomic E-state index is 12.5. The fourth-order valence-corrected chi connectivity index (χ4v) is 3.95. The SMILES string of the molecule is COc1ccc2c(c1)CC(NS(=O)(=O)c1ccc(C(C)=O)cc1)CO2. The van der Waals surface area contributed by atoms with Gasteiger partial charge in [-0.15, -0.1) is 0 Å². The molecule has 0 spiro atoms. The minimum absolute atomic E-state index is 0.108. The molecule has 7 heteroatoms. The largest absolute Gasteiger partial charge is 0.497 e. The highest BCUT2D eigenvalue weighted by atomic mass is 32.2. The van der Waals surface area contributed by atoms with Crippen LogP contribution in [0.15, 0.2) is 47.4 Å². The first kappa shape index (κ1) is 17.4. The van der Waals surface area contributed by atoms with Gasteiger partial charge < -0.3 is 9.47 Å². The predicted molar refractivity (Wildman–Crippen MR) is 92.7 cm³/mol. The Bertz CT molecular complexity index is 890. The average Bonchev–Trinajstić information content (AvgIpc) is 2.60. The van der Waals surface area contributed by atoms with E-state index >= 15 is 0 Å². The molecule has 0 aromatic heterocycles. The molecule has 0 bridgehead atoms. The molecule has 1 heterocycles. The molecule has 1 aliphatic rings. The molecule has 0 amide bonds. The molecular formula is C18H19NO5S. The minimum Gasteiger partial charge on any atom is -0.497 e. The predicted octanol–water partition coefficient (Wildman–Crippen LogP) is 2.18. The third-order valence-corrected chi connectivity index (χ3v) is 5.60. The average molecular weight is 361 g/mol. The third-order valence-electron chi connectivity index (χ3n) is 4.07. The quantitative estimate of drug-likeness (QED) is 0.826. The van der Waals surface area contributed by atoms with E-state index in [1.165, 1.54) is 31.2 Å². The molecular weight excluding hydrogens is 342 g/mol. The second kappa shape index (κ2) is 6.85. The number of sulfonamides is 1. The van der Waals surface area contributed by atoms with Crippen LogP contribution in [0.4, 0.5) is 0 Å². The summed E-state index contributed by atoms with van der Waals surface area (Å²) in [6.45, 7) is 1.69. The van der Waals surface area contributed by atoms with E-state index in [1.807, 2.05) is 12.1 Å². The zero-order valence-electron chi connectivity index (χ0n) is 14.0. The number of methoxy groups -OCH3 is 1. The Labute approximate surface area is 146 Å². The van der Waals surface area contributed by atoms with E-state index in [-0.39, 0.29) is 23.3 Å². The number of hydrogen-bond donors (Lipinski definition) is 1. The van der Waals surface area contributed by atoms with Crippen LogP contribution in [-0.4, -0.2) is 34.0 Å². The Kier molecular flexibility index (Phi) is 4.78. The minimum atomic E-state index is -3.69. The van der Waals surface area contributed by atoms with Gasteiger partial charge in [-0.1, -0.05) is 12.1 Å². The standard InChI is InChI=1S/C18H19NO5S/c1-12(20)13-3-6-17(7-4-13)25(21,22)19-15-9-14-10-16(23-2)5-8-18(14)24-11-15/h3-8,10,15,19H,9,11H2,1-2H3. The molecule has 1 aliphatic heterocycles. The molecule has 132 valence electrons. The zero-order valence-corrected chi connectivity index (χ0v) is 14.8. The van der Waals surface area contributed by atoms with E-state index < -0.39 is 10.0 Å². The summed E-state index contributed by atoms with van der Waals surface area (Å²) >= 11 is 0. The lowest BCUT2D eigenvalue weighted by molar-refractivity contribution is 0.101. The Morgan fingerprint density at radius 3 is 2.56 bits per heavy atom. The number of ketones is 1. The first-order valence-corrected chi connectivity index (χ1v) is 9.30. The summed E-state index contributed by atoms with van der Waals surface area (Å²) in [7, 11) is -2.11. The van der Waals surface area contributed by atoms with Gasteiger partial charge in [0.05, 0.1) is 18.0 Å². The lowest BCUT2D eigenvalue weighted by Gasteiger charge is -2.26. The van der Waals surface area contributed by atoms with Crippen LogP contribution in [0.2, 0.25) is 0 Å². The maximum Gasteiger partial charge on any atom is 0.240 e. The van der Waals surface area contributed by atoms with Crippen LogP contribution in [0.5, 0.6) is 11.5 Å². The van der Waals surface area contributed by atoms with Gasteiger partial charge in [-0.2, -0.15) is 0 Å². The van der Waals surface area contributed by atoms with Gasteiger partial charge >= 0.3 is 0 Å². The van der Waals surface area contributed by atoms with Gasteiger partial charge in [-0.05, 0) is 49.2 Å². The van der Waals surface area contributed by atoms with Crippen molar-refractivity contribution < 1.29 is 22.7 Å². The number of fused-ring (bicyclic) bond motifs is 1. The second-order valence-corrected chi connectivity index (χ2v) is 7.60. The summed E-state index contributed by atoms with van der Waals surface area (Å²) < 4.78 is 38.6. The number of benzene rings is 2. The molecule has 1 N–H and O–H groups in total. The van der Waals surface area contributed by atoms with Crippen LogP contribution >= 0.6 is 0 Å². The van der Waals surface area contributed by atoms with Gasteiger partial charge in [0, 0.05) is 5.56 Å². The van der Waals surface area contributed by atoms with Gasteiger partial charge in [-0.3, -0.25) is 4.79 Å². The van der Waals surface area contributed by atoms with Crippen molar-refractivity contribution in [2.45, 2.75) is 24.3 Å². The highest BCUT2D eigenvalue weighted by Crippen LogP contribution is 2.29. The monoisotopic (exact) mass is 361 g/mol. The third kappa shape index (κ3) is 3.83. The smallest absolute Gasteiger partial charge is 0.240 e. The van der Waals surface area contributed by atoms with Crippen LogP contribution < -0.4 is 14.2 Å². The van der Waals surface area contributed by atoms with Crippen LogP contribution in [0.25, 0.3) is 0 Å². The van der Waals surface area contributed by atoms with E-state index in [9.17, 15) is 13.2 Å². The fourth-order valence-electron chi connectivity index (χ4n) is 2.73. The summed E-state index contributed by atoms with van der Waals surface area (Å²) in [6, 6.07) is 11.0. The lowest BCUT2D eigenvalue weighted by atomic mass is 10.0. The molecule has 0 radical (unpaired) electrons. The zero-order chi connectivity index (χ0) is 18.0. The summed E-state index contributed by atoms with van der Waals surface area (Å²) in [6.07, 6.45) is 0.511. The summed E-state index contributed by atoms with van der Waals surface area (Å²) in [5, 5.41) is 0. The molecule has 1 unspecified atom stereocenters. The maximum absolute atomic E-state index is 12.5. The summed E-state index contributed by atoms with van der Waals surface area (Å²) in [5.74, 6) is 1.33. The van der Waals surface area contributed by atoms with Crippen molar-refractivity contribution >= 4 is 15.8 Å². The van der Waals surface area contributed by atoms with Gasteiger partial charge in [0.15, 0.2) is 5.78 Å². The van der Waals surface area contributed by atoms with Gasteiger partial charge in [0.1, 0.15) is 18.1 Å². The highest BCUT2D eigenvalue weighted by Gasteiger charge is 2.25. The van der Waals surface area contributed by atoms with Crippen LogP contribution in [0.1, 0.15) is 22.8 Å². The topological polar surface area (TPSA) is 81.7 Å². The molecule has 1 atom stereocenters. The molecule has 2 aromatic carbocycles. The van der Waals surface area contributed by atoms with Gasteiger partial charge in [0.25, 0.3) is 0 Å². The number of carbonyl (C=O) groups is 1. The van der Waals surface area contributed by atoms with E-state index in [0.29, 0.717) is 17.7 Å². The Morgan fingerprint density at radius 1 is 1.20 bits per heavy atom. The highest BCUT2D eigenvalue weighted by molar-refractivity contribution is 7.89. The normalized spacial score (nSPS) is 16.6. The van der Waals surface area contributed by atoms with Crippen molar-refractivity contribution in [3.8, 4) is 11.5 Å². The number of Topliss-reactive ketones (excluding diaryl/α,β-unsaturated/α-hetero) is 1. The first-order chi connectivity index (χ1) is 11.9. The number of ether oxygens (including phenoxy) is 2. The van der Waals surface area contributed by atoms with Gasteiger partial charge in [0.2, 0.25) is 10.0 Å². The van der Waals surface area contributed by atoms with Crippen molar-refractivity contribution in [1.82, 2.24) is 4.72 Å². The number of nitrogens with one attached hydrogen (secondary N) is 1. The van der Waals surface area contributed by atoms with Gasteiger partial charge in [-0.25, -0.2) is 13.1 Å². The van der Waals surface area contributed by atoms with Crippen LogP contribution in [0.3, 0.4) is 0 Å². The van der Waals surface area contributed by atoms with E-state index in [1.54, 1.807) is 13.2 Å². The molecule has 0 saturated heterocycles. The molecule has 2 aromatic rings. The van der Waals surface area contributed by atoms with E-state index in [2.05, 4.69) is 4.72 Å². The van der Waals surface area contributed by atoms with E-state index in [0.717, 1.165) is 11.3 Å².